The fourth-order valence-electron chi connectivity index (χ4n) is 4.04. The largest absolute Gasteiger partial charge is 0.417 e. The van der Waals surface area contributed by atoms with Crippen molar-refractivity contribution in [2.75, 3.05) is 13.1 Å². The van der Waals surface area contributed by atoms with Gasteiger partial charge in [0.05, 0.1) is 27.8 Å². The number of nitrogens with one attached hydrogen (secondary N) is 1. The summed E-state index contributed by atoms with van der Waals surface area (Å²) < 4.78 is 116. The molecule has 1 fully saturated rings. The fourth-order valence-corrected chi connectivity index (χ4v) is 6.04. The number of nitrogens with zero attached hydrogens (tertiary/aromatic N) is 2. The summed E-state index contributed by atoms with van der Waals surface area (Å²) in [4.78, 5) is 17.0. The minimum Gasteiger partial charge on any atom is -0.354 e. The number of hydrogen-bond acceptors (Lipinski definition) is 5. The van der Waals surface area contributed by atoms with Gasteiger partial charge in [-0.3, -0.25) is 9.79 Å². The monoisotopic (exact) mass is 525 g/mol. The second-order valence-electron chi connectivity index (χ2n) is 8.49. The molecule has 0 spiro atoms. The molecular formula is C21H18F7N3O3S. The van der Waals surface area contributed by atoms with Crippen LogP contribution in [0.3, 0.4) is 0 Å². The second-order valence-corrected chi connectivity index (χ2v) is 10.7. The van der Waals surface area contributed by atoms with E-state index in [0.717, 1.165) is 18.4 Å². The summed E-state index contributed by atoms with van der Waals surface area (Å²) in [7, 11) is -4.21. The summed E-state index contributed by atoms with van der Waals surface area (Å²) in [5.74, 6) is -1.94. The van der Waals surface area contributed by atoms with Crippen molar-refractivity contribution in [2.45, 2.75) is 41.4 Å². The van der Waals surface area contributed by atoms with Crippen molar-refractivity contribution in [3.63, 3.8) is 0 Å². The summed E-state index contributed by atoms with van der Waals surface area (Å²) >= 11 is 0. The van der Waals surface area contributed by atoms with Gasteiger partial charge in [0, 0.05) is 12.7 Å². The minimum absolute atomic E-state index is 0.0478. The highest BCUT2D eigenvalue weighted by atomic mass is 32.2. The van der Waals surface area contributed by atoms with Gasteiger partial charge in [-0.05, 0) is 49.1 Å². The number of amides is 1. The molecule has 1 aromatic rings. The second kappa shape index (κ2) is 8.64. The first-order valence-electron chi connectivity index (χ1n) is 10.4. The van der Waals surface area contributed by atoms with Crippen LogP contribution in [0.2, 0.25) is 0 Å². The van der Waals surface area contributed by atoms with E-state index in [9.17, 15) is 43.9 Å². The zero-order valence-corrected chi connectivity index (χ0v) is 18.5. The summed E-state index contributed by atoms with van der Waals surface area (Å²) in [6.45, 7) is -0.0312. The summed E-state index contributed by atoms with van der Waals surface area (Å²) in [6, 6.07) is 0.202. The molecule has 35 heavy (non-hydrogen) atoms. The van der Waals surface area contributed by atoms with E-state index in [1.165, 1.54) is 4.90 Å². The molecule has 1 saturated carbocycles. The van der Waals surface area contributed by atoms with Gasteiger partial charge >= 0.3 is 12.4 Å². The molecule has 0 bridgehead atoms. The number of hydrogen-bond donors (Lipinski definition) is 1. The molecular weight excluding hydrogens is 507 g/mol. The Morgan fingerprint density at radius 1 is 1.06 bits per heavy atom. The van der Waals surface area contributed by atoms with Crippen LogP contribution in [0.5, 0.6) is 0 Å². The molecule has 1 aromatic carbocycles. The molecule has 6 nitrogen and oxygen atoms in total. The molecule has 14 heteroatoms. The Hall–Kier alpha value is -2.90. The van der Waals surface area contributed by atoms with Crippen LogP contribution in [-0.2, 0) is 20.8 Å². The van der Waals surface area contributed by atoms with Crippen molar-refractivity contribution in [3.8, 4) is 0 Å². The van der Waals surface area contributed by atoms with Crippen molar-refractivity contribution < 1.29 is 43.9 Å². The van der Waals surface area contributed by atoms with E-state index in [1.807, 2.05) is 0 Å². The topological polar surface area (TPSA) is 78.8 Å². The molecule has 2 heterocycles. The molecule has 0 saturated heterocycles. The maximum Gasteiger partial charge on any atom is 0.417 e. The highest BCUT2D eigenvalue weighted by Gasteiger charge is 2.42. The number of rotatable bonds is 5. The van der Waals surface area contributed by atoms with Crippen LogP contribution in [0.15, 0.2) is 52.0 Å². The Morgan fingerprint density at radius 2 is 1.74 bits per heavy atom. The number of sulfone groups is 1. The number of benzene rings is 1. The van der Waals surface area contributed by atoms with Crippen LogP contribution in [0.4, 0.5) is 30.7 Å². The number of halogens is 7. The van der Waals surface area contributed by atoms with Gasteiger partial charge in [0.2, 0.25) is 5.91 Å². The van der Waals surface area contributed by atoms with Gasteiger partial charge in [-0.15, -0.1) is 0 Å². The lowest BCUT2D eigenvalue weighted by atomic mass is 9.85. The van der Waals surface area contributed by atoms with Crippen LogP contribution in [0, 0.1) is 11.7 Å². The predicted molar refractivity (Wildman–Crippen MR) is 109 cm³/mol. The molecule has 1 aliphatic carbocycles. The van der Waals surface area contributed by atoms with Crippen molar-refractivity contribution in [2.24, 2.45) is 10.9 Å². The van der Waals surface area contributed by atoms with E-state index in [4.69, 9.17) is 0 Å². The SMILES string of the molecule is O=C(NC[C@H]1C[C@H](S(=O)(=O)c2cc(F)cc(C(F)(F)F)c2)C1)C1CN2C=C(C(F)(F)F)C=CC2=N1. The number of aliphatic imine (C=N–C) groups is 1. The lowest BCUT2D eigenvalue weighted by Gasteiger charge is -2.35. The molecule has 3 aliphatic rings. The average molecular weight is 525 g/mol. The first-order chi connectivity index (χ1) is 16.1. The van der Waals surface area contributed by atoms with Gasteiger partial charge in [0.25, 0.3) is 0 Å². The van der Waals surface area contributed by atoms with Crippen molar-refractivity contribution >= 4 is 21.6 Å². The molecule has 0 radical (unpaired) electrons. The van der Waals surface area contributed by atoms with E-state index >= 15 is 0 Å². The smallest absolute Gasteiger partial charge is 0.354 e. The van der Waals surface area contributed by atoms with Gasteiger partial charge in [0.15, 0.2) is 9.84 Å². The Labute approximate surface area is 195 Å². The quantitative estimate of drug-likeness (QED) is 0.596. The number of alkyl halides is 6. The van der Waals surface area contributed by atoms with E-state index in [-0.39, 0.29) is 43.8 Å². The first-order valence-corrected chi connectivity index (χ1v) is 11.9. The van der Waals surface area contributed by atoms with Crippen LogP contribution in [0.1, 0.15) is 18.4 Å². The molecule has 190 valence electrons. The van der Waals surface area contributed by atoms with E-state index in [0.29, 0.717) is 12.1 Å². The van der Waals surface area contributed by atoms with Crippen molar-refractivity contribution in [1.82, 2.24) is 10.2 Å². The molecule has 2 aliphatic heterocycles. The highest BCUT2D eigenvalue weighted by Crippen LogP contribution is 2.38. The molecule has 1 atom stereocenters. The van der Waals surface area contributed by atoms with Gasteiger partial charge in [-0.2, -0.15) is 26.3 Å². The van der Waals surface area contributed by atoms with E-state index in [1.54, 1.807) is 0 Å². The van der Waals surface area contributed by atoms with E-state index < -0.39 is 61.2 Å². The van der Waals surface area contributed by atoms with Crippen LogP contribution in [-0.4, -0.2) is 55.6 Å². The fraction of sp³-hybridized carbons (Fsp3) is 0.429. The van der Waals surface area contributed by atoms with Crippen LogP contribution >= 0.6 is 0 Å². The van der Waals surface area contributed by atoms with Gasteiger partial charge < -0.3 is 10.2 Å². The summed E-state index contributed by atoms with van der Waals surface area (Å²) in [5.41, 5.74) is -2.28. The Kier molecular flexibility index (Phi) is 6.22. The predicted octanol–water partition coefficient (Wildman–Crippen LogP) is 3.61. The van der Waals surface area contributed by atoms with Crippen LogP contribution < -0.4 is 5.32 Å². The number of allylic oxidation sites excluding steroid dienone is 2. The molecule has 4 rings (SSSR count). The molecule has 1 unspecified atom stereocenters. The van der Waals surface area contributed by atoms with Gasteiger partial charge in [-0.1, -0.05) is 0 Å². The Bertz CT molecular complexity index is 1230. The van der Waals surface area contributed by atoms with Gasteiger partial charge in [0.1, 0.15) is 17.7 Å². The number of carbonyl (C=O) groups is 1. The third-order valence-corrected chi connectivity index (χ3v) is 8.17. The molecule has 0 aromatic heterocycles. The lowest BCUT2D eigenvalue weighted by Crippen LogP contribution is -2.45. The Morgan fingerprint density at radius 3 is 2.37 bits per heavy atom. The van der Waals surface area contributed by atoms with Crippen LogP contribution in [0.25, 0.3) is 0 Å². The minimum atomic E-state index is -4.91. The average Bonchev–Trinajstić information content (AvgIpc) is 3.14. The van der Waals surface area contributed by atoms with Crippen molar-refractivity contribution in [3.05, 3.63) is 53.5 Å². The molecule has 1 N–H and O–H groups in total. The maximum absolute atomic E-state index is 13.6. The standard InChI is InChI=1S/C21H18F7N3O3S/c22-14-5-13(21(26,27)28)6-16(7-14)35(33,34)15-3-11(4-15)8-29-19(32)17-10-31-9-12(20(23,24)25)1-2-18(31)30-17/h1-2,5-7,9,11,15,17H,3-4,8,10H2,(H,29,32)/t11-,15-,17?. The maximum atomic E-state index is 13.6. The zero-order valence-electron chi connectivity index (χ0n) is 17.7. The third kappa shape index (κ3) is 5.21. The summed E-state index contributed by atoms with van der Waals surface area (Å²) in [5, 5.41) is 1.56. The number of carbonyl (C=O) groups excluding carboxylic acids is 1. The number of fused-ring (bicyclic) bond motifs is 1. The molecule has 1 amide bonds. The zero-order chi connectivity index (χ0) is 25.8. The Balaban J connectivity index is 1.31. The van der Waals surface area contributed by atoms with E-state index in [2.05, 4.69) is 10.3 Å². The third-order valence-electron chi connectivity index (χ3n) is 6.01. The van der Waals surface area contributed by atoms with Gasteiger partial charge in [-0.25, -0.2) is 12.8 Å². The number of amidine groups is 1. The normalized spacial score (nSPS) is 24.4. The lowest BCUT2D eigenvalue weighted by molar-refractivity contribution is -0.138. The first kappa shape index (κ1) is 25.2. The van der Waals surface area contributed by atoms with Crippen molar-refractivity contribution in [1.29, 1.82) is 0 Å². The summed E-state index contributed by atoms with van der Waals surface area (Å²) in [6.07, 6.45) is -6.46. The highest BCUT2D eigenvalue weighted by molar-refractivity contribution is 7.92.